The summed E-state index contributed by atoms with van der Waals surface area (Å²) in [7, 11) is 1.54. The van der Waals surface area contributed by atoms with Crippen molar-refractivity contribution in [2.75, 3.05) is 12.8 Å². The number of hydrogen-bond acceptors (Lipinski definition) is 3. The van der Waals surface area contributed by atoms with Crippen LogP contribution in [0.1, 0.15) is 5.56 Å². The molecule has 0 aliphatic rings. The Morgan fingerprint density at radius 1 is 1.57 bits per heavy atom. The number of carbonyl (C=O) groups is 1. The van der Waals surface area contributed by atoms with Crippen LogP contribution in [-0.2, 0) is 4.79 Å². The first-order chi connectivity index (χ1) is 6.63. The molecule has 4 heteroatoms. The van der Waals surface area contributed by atoms with E-state index in [9.17, 15) is 4.79 Å². The molecule has 0 heterocycles. The lowest BCUT2D eigenvalue weighted by atomic mass is 10.1. The molecule has 0 unspecified atom stereocenters. The van der Waals surface area contributed by atoms with Crippen LogP contribution in [0, 0.1) is 0 Å². The minimum absolute atomic E-state index is 0.488. The van der Waals surface area contributed by atoms with E-state index in [0.717, 1.165) is 6.08 Å². The zero-order valence-electron chi connectivity index (χ0n) is 7.73. The van der Waals surface area contributed by atoms with E-state index in [-0.39, 0.29) is 0 Å². The highest BCUT2D eigenvalue weighted by Gasteiger charge is 1.98. The van der Waals surface area contributed by atoms with Gasteiger partial charge in [-0.25, -0.2) is 4.79 Å². The minimum Gasteiger partial charge on any atom is -0.497 e. The molecule has 0 bridgehead atoms. The fourth-order valence-electron chi connectivity index (χ4n) is 0.993. The van der Waals surface area contributed by atoms with Crippen molar-refractivity contribution >= 4 is 17.7 Å². The van der Waals surface area contributed by atoms with Gasteiger partial charge in [0, 0.05) is 17.8 Å². The van der Waals surface area contributed by atoms with Crippen LogP contribution in [0.4, 0.5) is 5.69 Å². The number of benzene rings is 1. The Morgan fingerprint density at radius 2 is 2.29 bits per heavy atom. The van der Waals surface area contributed by atoms with Crippen molar-refractivity contribution in [3.63, 3.8) is 0 Å². The van der Waals surface area contributed by atoms with E-state index in [1.807, 2.05) is 0 Å². The van der Waals surface area contributed by atoms with Crippen LogP contribution in [0.25, 0.3) is 6.08 Å². The third-order valence-electron chi connectivity index (χ3n) is 1.70. The van der Waals surface area contributed by atoms with Gasteiger partial charge in [0.05, 0.1) is 7.11 Å². The molecule has 14 heavy (non-hydrogen) atoms. The molecule has 4 nitrogen and oxygen atoms in total. The molecule has 0 atom stereocenters. The number of nitrogen functional groups attached to an aromatic ring is 1. The molecule has 0 saturated carbocycles. The summed E-state index contributed by atoms with van der Waals surface area (Å²) in [5.41, 5.74) is 6.81. The van der Waals surface area contributed by atoms with E-state index in [4.69, 9.17) is 15.6 Å². The molecular formula is C10H11NO3. The summed E-state index contributed by atoms with van der Waals surface area (Å²) in [6, 6.07) is 5.06. The Labute approximate surface area is 81.6 Å². The number of anilines is 1. The maximum absolute atomic E-state index is 10.3. The van der Waals surface area contributed by atoms with E-state index in [1.165, 1.54) is 6.08 Å². The van der Waals surface area contributed by atoms with Crippen LogP contribution in [-0.4, -0.2) is 18.2 Å². The van der Waals surface area contributed by atoms with Crippen molar-refractivity contribution in [2.24, 2.45) is 0 Å². The number of rotatable bonds is 3. The van der Waals surface area contributed by atoms with Crippen LogP contribution < -0.4 is 10.5 Å². The first kappa shape index (κ1) is 10.1. The van der Waals surface area contributed by atoms with Crippen LogP contribution in [0.15, 0.2) is 24.3 Å². The van der Waals surface area contributed by atoms with Crippen LogP contribution >= 0.6 is 0 Å². The number of nitrogens with two attached hydrogens (primary N) is 1. The first-order valence-corrected chi connectivity index (χ1v) is 3.98. The number of ether oxygens (including phenoxy) is 1. The summed E-state index contributed by atoms with van der Waals surface area (Å²) in [4.78, 5) is 10.3. The fraction of sp³-hybridized carbons (Fsp3) is 0.100. The Morgan fingerprint density at radius 3 is 2.79 bits per heavy atom. The Hall–Kier alpha value is -1.97. The second-order valence-electron chi connectivity index (χ2n) is 2.67. The second kappa shape index (κ2) is 4.32. The maximum atomic E-state index is 10.3. The quantitative estimate of drug-likeness (QED) is 0.561. The van der Waals surface area contributed by atoms with Gasteiger partial charge in [0.25, 0.3) is 0 Å². The van der Waals surface area contributed by atoms with E-state index in [0.29, 0.717) is 17.0 Å². The van der Waals surface area contributed by atoms with E-state index < -0.39 is 5.97 Å². The van der Waals surface area contributed by atoms with Gasteiger partial charge < -0.3 is 15.6 Å². The van der Waals surface area contributed by atoms with Gasteiger partial charge in [-0.2, -0.15) is 0 Å². The molecular weight excluding hydrogens is 182 g/mol. The molecule has 1 aromatic carbocycles. The van der Waals surface area contributed by atoms with Gasteiger partial charge in [-0.1, -0.05) is 0 Å². The van der Waals surface area contributed by atoms with Crippen molar-refractivity contribution in [2.45, 2.75) is 0 Å². The smallest absolute Gasteiger partial charge is 0.328 e. The summed E-state index contributed by atoms with van der Waals surface area (Å²) < 4.78 is 4.96. The van der Waals surface area contributed by atoms with E-state index in [1.54, 1.807) is 25.3 Å². The van der Waals surface area contributed by atoms with Gasteiger partial charge in [0.15, 0.2) is 0 Å². The molecule has 0 aliphatic carbocycles. The highest BCUT2D eigenvalue weighted by atomic mass is 16.5. The monoisotopic (exact) mass is 193 g/mol. The standard InChI is InChI=1S/C10H11NO3/c1-14-8-4-2-7(9(11)6-8)3-5-10(12)13/h2-6H,11H2,1H3,(H,12,13)/b5-3+. The summed E-state index contributed by atoms with van der Waals surface area (Å²) in [6.07, 6.45) is 2.48. The third kappa shape index (κ3) is 2.52. The molecule has 0 aliphatic heterocycles. The topological polar surface area (TPSA) is 72.5 Å². The highest BCUT2D eigenvalue weighted by molar-refractivity contribution is 5.86. The zero-order chi connectivity index (χ0) is 10.6. The maximum Gasteiger partial charge on any atom is 0.328 e. The van der Waals surface area contributed by atoms with Gasteiger partial charge in [-0.15, -0.1) is 0 Å². The lowest BCUT2D eigenvalue weighted by Crippen LogP contribution is -1.92. The zero-order valence-corrected chi connectivity index (χ0v) is 7.73. The van der Waals surface area contributed by atoms with Crippen LogP contribution in [0.2, 0.25) is 0 Å². The first-order valence-electron chi connectivity index (χ1n) is 3.98. The summed E-state index contributed by atoms with van der Waals surface area (Å²) >= 11 is 0. The minimum atomic E-state index is -1.000. The molecule has 3 N–H and O–H groups in total. The molecule has 0 spiro atoms. The predicted octanol–water partition coefficient (Wildman–Crippen LogP) is 1.38. The second-order valence-corrected chi connectivity index (χ2v) is 2.67. The molecule has 0 fully saturated rings. The molecule has 74 valence electrons. The van der Waals surface area contributed by atoms with Gasteiger partial charge in [0.2, 0.25) is 0 Å². The van der Waals surface area contributed by atoms with Gasteiger partial charge >= 0.3 is 5.97 Å². The lowest BCUT2D eigenvalue weighted by molar-refractivity contribution is -0.131. The summed E-state index contributed by atoms with van der Waals surface area (Å²) in [6.45, 7) is 0. The number of carboxylic acids is 1. The van der Waals surface area contributed by atoms with Crippen molar-refractivity contribution in [1.29, 1.82) is 0 Å². The number of aliphatic carboxylic acids is 1. The molecule has 1 aromatic rings. The van der Waals surface area contributed by atoms with Crippen molar-refractivity contribution in [3.8, 4) is 5.75 Å². The molecule has 0 aromatic heterocycles. The van der Waals surface area contributed by atoms with Gasteiger partial charge in [-0.05, 0) is 23.8 Å². The Balaban J connectivity index is 2.94. The normalized spacial score (nSPS) is 10.4. The fourth-order valence-corrected chi connectivity index (χ4v) is 0.993. The van der Waals surface area contributed by atoms with Crippen molar-refractivity contribution < 1.29 is 14.6 Å². The Kier molecular flexibility index (Phi) is 3.12. The summed E-state index contributed by atoms with van der Waals surface area (Å²) in [5.74, 6) is -0.352. The average molecular weight is 193 g/mol. The van der Waals surface area contributed by atoms with Crippen LogP contribution in [0.5, 0.6) is 5.75 Å². The molecule has 1 rings (SSSR count). The summed E-state index contributed by atoms with van der Waals surface area (Å²) in [5, 5.41) is 8.41. The highest BCUT2D eigenvalue weighted by Crippen LogP contribution is 2.20. The number of methoxy groups -OCH3 is 1. The predicted molar refractivity (Wildman–Crippen MR) is 54.1 cm³/mol. The Bertz CT molecular complexity index is 372. The molecule has 0 saturated heterocycles. The van der Waals surface area contributed by atoms with Gasteiger partial charge in [-0.3, -0.25) is 0 Å². The van der Waals surface area contributed by atoms with Crippen molar-refractivity contribution in [3.05, 3.63) is 29.8 Å². The van der Waals surface area contributed by atoms with Gasteiger partial charge in [0.1, 0.15) is 5.75 Å². The number of hydrogen-bond donors (Lipinski definition) is 2. The average Bonchev–Trinajstić information content (AvgIpc) is 2.15. The lowest BCUT2D eigenvalue weighted by Gasteiger charge is -2.03. The third-order valence-corrected chi connectivity index (χ3v) is 1.70. The van der Waals surface area contributed by atoms with E-state index in [2.05, 4.69) is 0 Å². The van der Waals surface area contributed by atoms with E-state index >= 15 is 0 Å². The molecule has 0 radical (unpaired) electrons. The SMILES string of the molecule is COc1ccc(/C=C/C(=O)O)c(N)c1. The number of carboxylic acid groups (broad SMARTS) is 1. The van der Waals surface area contributed by atoms with Crippen LogP contribution in [0.3, 0.4) is 0 Å². The van der Waals surface area contributed by atoms with Crippen molar-refractivity contribution in [1.82, 2.24) is 0 Å². The molecule has 0 amide bonds. The largest absolute Gasteiger partial charge is 0.497 e.